The first kappa shape index (κ1) is 18.5. The molecule has 0 aliphatic carbocycles. The molecular weight excluding hydrogens is 328 g/mol. The van der Waals surface area contributed by atoms with Crippen molar-refractivity contribution in [3.63, 3.8) is 0 Å². The van der Waals surface area contributed by atoms with E-state index in [1.807, 2.05) is 30.1 Å². The van der Waals surface area contributed by atoms with Crippen LogP contribution in [0.3, 0.4) is 0 Å². The average molecular weight is 353 g/mol. The molecule has 0 radical (unpaired) electrons. The third-order valence-corrected chi connectivity index (χ3v) is 4.51. The van der Waals surface area contributed by atoms with Gasteiger partial charge >= 0.3 is 5.97 Å². The summed E-state index contributed by atoms with van der Waals surface area (Å²) < 4.78 is 5.16. The summed E-state index contributed by atoms with van der Waals surface area (Å²) in [7, 11) is 4.00. The van der Waals surface area contributed by atoms with Crippen LogP contribution in [0.1, 0.15) is 19.8 Å². The number of hydrazone groups is 1. The number of ether oxygens (including phenoxy) is 1. The molecule has 7 heteroatoms. The van der Waals surface area contributed by atoms with Crippen molar-refractivity contribution in [1.82, 2.24) is 9.80 Å². The maximum absolute atomic E-state index is 12.3. The zero-order valence-corrected chi connectivity index (χ0v) is 15.2. The van der Waals surface area contributed by atoms with Gasteiger partial charge in [0.1, 0.15) is 0 Å². The van der Waals surface area contributed by atoms with Crippen LogP contribution in [0, 0.1) is 0 Å². The number of anilines is 1. The number of benzene rings is 1. The molecule has 2 rings (SSSR count). The van der Waals surface area contributed by atoms with Crippen LogP contribution in [0.5, 0.6) is 0 Å². The van der Waals surface area contributed by atoms with Gasteiger partial charge in [-0.1, -0.05) is 23.7 Å². The predicted molar refractivity (Wildman–Crippen MR) is 97.4 cm³/mol. The quantitative estimate of drug-likeness (QED) is 0.391. The number of amidine groups is 1. The molecule has 6 nitrogen and oxygen atoms in total. The molecule has 1 heterocycles. The Kier molecular flexibility index (Phi) is 6.87. The number of rotatable bonds is 4. The van der Waals surface area contributed by atoms with Crippen LogP contribution in [0.15, 0.2) is 29.4 Å². The summed E-state index contributed by atoms with van der Waals surface area (Å²) in [6.45, 7) is 4.10. The van der Waals surface area contributed by atoms with Crippen molar-refractivity contribution in [1.29, 1.82) is 0 Å². The fourth-order valence-corrected chi connectivity index (χ4v) is 2.86. The fraction of sp³-hybridized carbons (Fsp3) is 0.529. The number of carbonyl (C=O) groups excluding carboxylic acids is 1. The molecule has 1 saturated heterocycles. The van der Waals surface area contributed by atoms with Crippen molar-refractivity contribution in [3.05, 3.63) is 29.3 Å². The molecule has 0 aromatic heterocycles. The third kappa shape index (κ3) is 4.85. The monoisotopic (exact) mass is 352 g/mol. The van der Waals surface area contributed by atoms with Gasteiger partial charge in [0.25, 0.3) is 0 Å². The van der Waals surface area contributed by atoms with E-state index in [0.717, 1.165) is 25.9 Å². The summed E-state index contributed by atoms with van der Waals surface area (Å²) in [6, 6.07) is 7.54. The number of piperidine rings is 1. The number of nitrogens with zero attached hydrogens (tertiary/aromatic N) is 3. The number of hydrogen-bond acceptors (Lipinski definition) is 5. The van der Waals surface area contributed by atoms with Gasteiger partial charge < -0.3 is 14.5 Å². The van der Waals surface area contributed by atoms with E-state index in [1.54, 1.807) is 13.0 Å². The fourth-order valence-electron chi connectivity index (χ4n) is 2.68. The molecule has 0 saturated carbocycles. The Morgan fingerprint density at radius 3 is 2.71 bits per heavy atom. The molecule has 0 amide bonds. The number of likely N-dealkylation sites (tertiary alicyclic amines) is 1. The van der Waals surface area contributed by atoms with E-state index in [0.29, 0.717) is 17.3 Å². The highest BCUT2D eigenvalue weighted by molar-refractivity contribution is 6.35. The number of hydrogen-bond donors (Lipinski definition) is 1. The van der Waals surface area contributed by atoms with E-state index in [9.17, 15) is 4.79 Å². The van der Waals surface area contributed by atoms with Gasteiger partial charge in [0.15, 0.2) is 0 Å². The molecule has 1 N–H and O–H groups in total. The minimum Gasteiger partial charge on any atom is -0.460 e. The number of esters is 1. The van der Waals surface area contributed by atoms with Crippen LogP contribution < -0.4 is 5.43 Å². The topological polar surface area (TPSA) is 57.2 Å². The van der Waals surface area contributed by atoms with Crippen molar-refractivity contribution < 1.29 is 9.53 Å². The lowest BCUT2D eigenvalue weighted by Gasteiger charge is -2.35. The van der Waals surface area contributed by atoms with Gasteiger partial charge in [-0.3, -0.25) is 5.43 Å². The van der Waals surface area contributed by atoms with Crippen LogP contribution in [-0.4, -0.2) is 61.4 Å². The van der Waals surface area contributed by atoms with Crippen molar-refractivity contribution in [3.8, 4) is 0 Å². The molecule has 0 spiro atoms. The summed E-state index contributed by atoms with van der Waals surface area (Å²) in [5.74, 6) is -0.162. The second kappa shape index (κ2) is 8.89. The van der Waals surface area contributed by atoms with Gasteiger partial charge in [0, 0.05) is 13.1 Å². The molecule has 132 valence electrons. The van der Waals surface area contributed by atoms with Crippen LogP contribution in [0.25, 0.3) is 0 Å². The lowest BCUT2D eigenvalue weighted by Crippen LogP contribution is -2.47. The Morgan fingerprint density at radius 1 is 1.42 bits per heavy atom. The maximum Gasteiger partial charge on any atom is 0.375 e. The van der Waals surface area contributed by atoms with E-state index in [-0.39, 0.29) is 11.9 Å². The Hall–Kier alpha value is -1.79. The van der Waals surface area contributed by atoms with Gasteiger partial charge in [0.05, 0.1) is 17.3 Å². The standard InChI is InChI=1S/C17H25ClN4O2/c1-4-24-17(23)16(20-19-15-8-6-5-7-14(15)18)22(3)13-9-11-21(2)12-10-13/h5-8,13,19H,4,9-12H2,1-3H3. The van der Waals surface area contributed by atoms with Crippen molar-refractivity contribution in [2.24, 2.45) is 5.10 Å². The Labute approximate surface area is 148 Å². The summed E-state index contributed by atoms with van der Waals surface area (Å²) in [5, 5.41) is 4.84. The van der Waals surface area contributed by atoms with Crippen LogP contribution in [0.4, 0.5) is 5.69 Å². The van der Waals surface area contributed by atoms with Crippen LogP contribution >= 0.6 is 11.6 Å². The molecule has 0 bridgehead atoms. The van der Waals surface area contributed by atoms with Crippen molar-refractivity contribution in [2.75, 3.05) is 39.2 Å². The van der Waals surface area contributed by atoms with Gasteiger partial charge in [-0.05, 0) is 52.0 Å². The van der Waals surface area contributed by atoms with Gasteiger partial charge in [-0.25, -0.2) is 4.79 Å². The molecule has 0 atom stereocenters. The largest absolute Gasteiger partial charge is 0.460 e. The number of likely N-dealkylation sites (N-methyl/N-ethyl adjacent to an activating group) is 1. The lowest BCUT2D eigenvalue weighted by atomic mass is 10.0. The molecule has 1 aliphatic heterocycles. The van der Waals surface area contributed by atoms with Crippen LogP contribution in [0.2, 0.25) is 5.02 Å². The summed E-state index contributed by atoms with van der Waals surface area (Å²) in [5.41, 5.74) is 3.53. The number of halogens is 1. The minimum absolute atomic E-state index is 0.261. The predicted octanol–water partition coefficient (Wildman–Crippen LogP) is 2.65. The Balaban J connectivity index is 2.16. The van der Waals surface area contributed by atoms with E-state index >= 15 is 0 Å². The molecular formula is C17H25ClN4O2. The van der Waals surface area contributed by atoms with E-state index < -0.39 is 5.97 Å². The first-order valence-electron chi connectivity index (χ1n) is 8.19. The second-order valence-electron chi connectivity index (χ2n) is 5.89. The minimum atomic E-state index is -0.432. The second-order valence-corrected chi connectivity index (χ2v) is 6.30. The Bertz CT molecular complexity index is 586. The molecule has 1 fully saturated rings. The van der Waals surface area contributed by atoms with Gasteiger partial charge in [-0.15, -0.1) is 5.10 Å². The Morgan fingerprint density at radius 2 is 2.08 bits per heavy atom. The highest BCUT2D eigenvalue weighted by Crippen LogP contribution is 2.21. The summed E-state index contributed by atoms with van der Waals surface area (Å²) in [4.78, 5) is 16.5. The van der Waals surface area contributed by atoms with Crippen molar-refractivity contribution in [2.45, 2.75) is 25.8 Å². The number of para-hydroxylation sites is 1. The number of carbonyl (C=O) groups is 1. The number of nitrogens with one attached hydrogen (secondary N) is 1. The molecule has 1 aromatic rings. The van der Waals surface area contributed by atoms with Gasteiger partial charge in [-0.2, -0.15) is 0 Å². The first-order chi connectivity index (χ1) is 11.5. The lowest BCUT2D eigenvalue weighted by molar-refractivity contribution is -0.136. The van der Waals surface area contributed by atoms with Crippen LogP contribution in [-0.2, 0) is 9.53 Å². The molecule has 1 aliphatic rings. The molecule has 1 aromatic carbocycles. The average Bonchev–Trinajstić information content (AvgIpc) is 2.57. The van der Waals surface area contributed by atoms with Crippen molar-refractivity contribution >= 4 is 29.1 Å². The van der Waals surface area contributed by atoms with Gasteiger partial charge in [0.2, 0.25) is 5.84 Å². The highest BCUT2D eigenvalue weighted by Gasteiger charge is 2.27. The molecule has 24 heavy (non-hydrogen) atoms. The van der Waals surface area contributed by atoms with E-state index in [2.05, 4.69) is 22.5 Å². The zero-order valence-electron chi connectivity index (χ0n) is 14.5. The zero-order chi connectivity index (χ0) is 17.5. The first-order valence-corrected chi connectivity index (χ1v) is 8.57. The summed E-state index contributed by atoms with van der Waals surface area (Å²) >= 11 is 6.13. The van der Waals surface area contributed by atoms with E-state index in [1.165, 1.54) is 0 Å². The molecule has 0 unspecified atom stereocenters. The highest BCUT2D eigenvalue weighted by atomic mass is 35.5. The maximum atomic E-state index is 12.3. The third-order valence-electron chi connectivity index (χ3n) is 4.18. The smallest absolute Gasteiger partial charge is 0.375 e. The normalized spacial score (nSPS) is 16.8. The summed E-state index contributed by atoms with van der Waals surface area (Å²) in [6.07, 6.45) is 1.97. The SMILES string of the molecule is CCOC(=O)C(=NNc1ccccc1Cl)N(C)C1CCN(C)CC1. The van der Waals surface area contributed by atoms with E-state index in [4.69, 9.17) is 16.3 Å².